The molecule has 0 fully saturated rings. The standard InChI is InChI=1S/C17H26N4O3/c1-12(2)16(19-4)17(23)20-9-15(22)21-14-7-5-13(6-8-14)10-24-11-18-3/h5-8,11-12,16,19H,9-10H2,1-4H3,(H,20,23)(H,21,22)/b18-11-. The number of carbonyl (C=O) groups is 2. The van der Waals surface area contributed by atoms with Crippen molar-refractivity contribution < 1.29 is 14.3 Å². The van der Waals surface area contributed by atoms with Crippen LogP contribution in [0.1, 0.15) is 19.4 Å². The predicted molar refractivity (Wildman–Crippen MR) is 95.0 cm³/mol. The first-order valence-electron chi connectivity index (χ1n) is 7.84. The van der Waals surface area contributed by atoms with Gasteiger partial charge in [0.25, 0.3) is 0 Å². The summed E-state index contributed by atoms with van der Waals surface area (Å²) in [5.74, 6) is -0.317. The van der Waals surface area contributed by atoms with Crippen molar-refractivity contribution in [3.05, 3.63) is 29.8 Å². The molecule has 0 heterocycles. The second-order valence-corrected chi connectivity index (χ2v) is 5.65. The summed E-state index contributed by atoms with van der Waals surface area (Å²) in [7, 11) is 3.36. The first-order valence-corrected chi connectivity index (χ1v) is 7.84. The summed E-state index contributed by atoms with van der Waals surface area (Å²) < 4.78 is 5.17. The van der Waals surface area contributed by atoms with E-state index in [4.69, 9.17) is 4.74 Å². The lowest BCUT2D eigenvalue weighted by Gasteiger charge is -2.19. The van der Waals surface area contributed by atoms with Crippen LogP contribution in [-0.2, 0) is 20.9 Å². The van der Waals surface area contributed by atoms with Crippen LogP contribution in [0.25, 0.3) is 0 Å². The molecule has 0 spiro atoms. The Labute approximate surface area is 142 Å². The highest BCUT2D eigenvalue weighted by molar-refractivity contribution is 5.95. The Hall–Kier alpha value is -2.41. The lowest BCUT2D eigenvalue weighted by molar-refractivity contribution is -0.126. The van der Waals surface area contributed by atoms with Crippen molar-refractivity contribution in [3.8, 4) is 0 Å². The maximum atomic E-state index is 12.0. The molecule has 132 valence electrons. The van der Waals surface area contributed by atoms with Gasteiger partial charge in [-0.2, -0.15) is 0 Å². The summed E-state index contributed by atoms with van der Waals surface area (Å²) in [6.45, 7) is 4.24. The molecule has 0 saturated carbocycles. The van der Waals surface area contributed by atoms with E-state index >= 15 is 0 Å². The van der Waals surface area contributed by atoms with E-state index in [0.29, 0.717) is 12.3 Å². The van der Waals surface area contributed by atoms with Crippen molar-refractivity contribution in [2.24, 2.45) is 10.9 Å². The van der Waals surface area contributed by atoms with Crippen LogP contribution in [0.5, 0.6) is 0 Å². The summed E-state index contributed by atoms with van der Waals surface area (Å²) in [6, 6.07) is 6.96. The molecule has 0 bridgehead atoms. The molecule has 2 amide bonds. The summed E-state index contributed by atoms with van der Waals surface area (Å²) in [5, 5.41) is 8.31. The Bertz CT molecular complexity index is 555. The molecule has 3 N–H and O–H groups in total. The van der Waals surface area contributed by atoms with Crippen molar-refractivity contribution in [2.45, 2.75) is 26.5 Å². The molecule has 0 aliphatic rings. The molecule has 7 heteroatoms. The van der Waals surface area contributed by atoms with Gasteiger partial charge in [0.15, 0.2) is 6.40 Å². The van der Waals surface area contributed by atoms with E-state index in [0.717, 1.165) is 5.56 Å². The molecule has 0 aromatic heterocycles. The molecule has 1 unspecified atom stereocenters. The minimum absolute atomic E-state index is 0.0679. The van der Waals surface area contributed by atoms with Gasteiger partial charge in [0, 0.05) is 12.7 Å². The highest BCUT2D eigenvalue weighted by atomic mass is 16.5. The highest BCUT2D eigenvalue weighted by Crippen LogP contribution is 2.10. The third kappa shape index (κ3) is 6.78. The molecule has 0 radical (unpaired) electrons. The van der Waals surface area contributed by atoms with Gasteiger partial charge in [0.05, 0.1) is 12.6 Å². The summed E-state index contributed by atoms with van der Waals surface area (Å²) in [5.41, 5.74) is 1.63. The van der Waals surface area contributed by atoms with Crippen LogP contribution >= 0.6 is 0 Å². The average molecular weight is 334 g/mol. The van der Waals surface area contributed by atoms with Crippen molar-refractivity contribution in [1.82, 2.24) is 10.6 Å². The van der Waals surface area contributed by atoms with E-state index in [-0.39, 0.29) is 30.3 Å². The summed E-state index contributed by atoms with van der Waals surface area (Å²) in [6.07, 6.45) is 1.38. The molecule has 1 rings (SSSR count). The number of amides is 2. The summed E-state index contributed by atoms with van der Waals surface area (Å²) >= 11 is 0. The zero-order valence-electron chi connectivity index (χ0n) is 14.6. The number of hydrogen-bond acceptors (Lipinski definition) is 5. The number of ether oxygens (including phenoxy) is 1. The van der Waals surface area contributed by atoms with Gasteiger partial charge < -0.3 is 20.7 Å². The Morgan fingerprint density at radius 2 is 1.92 bits per heavy atom. The second-order valence-electron chi connectivity index (χ2n) is 5.65. The van der Waals surface area contributed by atoms with Crippen molar-refractivity contribution >= 4 is 23.9 Å². The third-order valence-electron chi connectivity index (χ3n) is 3.35. The maximum absolute atomic E-state index is 12.0. The van der Waals surface area contributed by atoms with Crippen LogP contribution in [0, 0.1) is 5.92 Å². The topological polar surface area (TPSA) is 91.8 Å². The van der Waals surface area contributed by atoms with Crippen LogP contribution in [-0.4, -0.2) is 44.9 Å². The van der Waals surface area contributed by atoms with Gasteiger partial charge in [0.1, 0.15) is 6.61 Å². The van der Waals surface area contributed by atoms with E-state index in [2.05, 4.69) is 20.9 Å². The molecule has 1 aromatic rings. The SMILES string of the molecule is C/N=C\OCc1ccc(NC(=O)CNC(=O)C(NC)C(C)C)cc1. The number of carbonyl (C=O) groups excluding carboxylic acids is 2. The number of anilines is 1. The Morgan fingerprint density at radius 1 is 1.25 bits per heavy atom. The zero-order chi connectivity index (χ0) is 17.9. The van der Waals surface area contributed by atoms with E-state index < -0.39 is 0 Å². The molecular weight excluding hydrogens is 308 g/mol. The van der Waals surface area contributed by atoms with Gasteiger partial charge in [-0.3, -0.25) is 14.6 Å². The molecule has 0 saturated heterocycles. The summed E-state index contributed by atoms with van der Waals surface area (Å²) in [4.78, 5) is 27.6. The lowest BCUT2D eigenvalue weighted by atomic mass is 10.0. The Balaban J connectivity index is 2.43. The molecule has 0 aliphatic carbocycles. The number of nitrogens with zero attached hydrogens (tertiary/aromatic N) is 1. The number of benzene rings is 1. The van der Waals surface area contributed by atoms with E-state index in [1.807, 2.05) is 26.0 Å². The second kappa shape index (κ2) is 10.4. The fraction of sp³-hybridized carbons (Fsp3) is 0.471. The minimum atomic E-state index is -0.316. The van der Waals surface area contributed by atoms with Crippen molar-refractivity contribution in [3.63, 3.8) is 0 Å². The van der Waals surface area contributed by atoms with Crippen molar-refractivity contribution in [2.75, 3.05) is 26.0 Å². The first kappa shape index (κ1) is 19.6. The Morgan fingerprint density at radius 3 is 2.46 bits per heavy atom. The van der Waals surface area contributed by atoms with Gasteiger partial charge >= 0.3 is 0 Å². The fourth-order valence-corrected chi connectivity index (χ4v) is 2.14. The lowest BCUT2D eigenvalue weighted by Crippen LogP contribution is -2.47. The first-order chi connectivity index (χ1) is 11.5. The van der Waals surface area contributed by atoms with E-state index in [1.165, 1.54) is 6.40 Å². The predicted octanol–water partition coefficient (Wildman–Crippen LogP) is 1.16. The maximum Gasteiger partial charge on any atom is 0.243 e. The van der Waals surface area contributed by atoms with Crippen LogP contribution in [0.15, 0.2) is 29.3 Å². The number of likely N-dealkylation sites (N-methyl/N-ethyl adjacent to an activating group) is 1. The van der Waals surface area contributed by atoms with Gasteiger partial charge in [0.2, 0.25) is 11.8 Å². The van der Waals surface area contributed by atoms with Gasteiger partial charge in [-0.25, -0.2) is 0 Å². The average Bonchev–Trinajstić information content (AvgIpc) is 2.55. The molecule has 24 heavy (non-hydrogen) atoms. The van der Waals surface area contributed by atoms with Crippen molar-refractivity contribution in [1.29, 1.82) is 0 Å². The number of nitrogens with one attached hydrogen (secondary N) is 3. The Kier molecular flexibility index (Phi) is 8.49. The highest BCUT2D eigenvalue weighted by Gasteiger charge is 2.20. The number of hydrogen-bond donors (Lipinski definition) is 3. The fourth-order valence-electron chi connectivity index (χ4n) is 2.14. The third-order valence-corrected chi connectivity index (χ3v) is 3.35. The van der Waals surface area contributed by atoms with Crippen LogP contribution in [0.3, 0.4) is 0 Å². The van der Waals surface area contributed by atoms with Crippen LogP contribution in [0.2, 0.25) is 0 Å². The number of aliphatic imine (C=N–C) groups is 1. The quantitative estimate of drug-likeness (QED) is 0.467. The molecule has 7 nitrogen and oxygen atoms in total. The van der Waals surface area contributed by atoms with Gasteiger partial charge in [-0.05, 0) is 30.7 Å². The monoisotopic (exact) mass is 334 g/mol. The van der Waals surface area contributed by atoms with Gasteiger partial charge in [-0.15, -0.1) is 0 Å². The van der Waals surface area contributed by atoms with Crippen LogP contribution < -0.4 is 16.0 Å². The van der Waals surface area contributed by atoms with E-state index in [1.54, 1.807) is 26.2 Å². The largest absolute Gasteiger partial charge is 0.479 e. The minimum Gasteiger partial charge on any atom is -0.479 e. The van der Waals surface area contributed by atoms with Gasteiger partial charge in [-0.1, -0.05) is 26.0 Å². The smallest absolute Gasteiger partial charge is 0.243 e. The molecule has 1 aromatic carbocycles. The molecular formula is C17H26N4O3. The molecule has 1 atom stereocenters. The normalized spacial score (nSPS) is 12.2. The van der Waals surface area contributed by atoms with E-state index in [9.17, 15) is 9.59 Å². The van der Waals surface area contributed by atoms with Crippen LogP contribution in [0.4, 0.5) is 5.69 Å². The molecule has 0 aliphatic heterocycles. The zero-order valence-corrected chi connectivity index (χ0v) is 14.6. The number of rotatable bonds is 9.